The van der Waals surface area contributed by atoms with Crippen molar-refractivity contribution in [1.82, 2.24) is 0 Å². The van der Waals surface area contributed by atoms with Crippen LogP contribution in [-0.2, 0) is 30.5 Å². The summed E-state index contributed by atoms with van der Waals surface area (Å²) >= 11 is 0. The van der Waals surface area contributed by atoms with E-state index >= 15 is 0 Å². The highest BCUT2D eigenvalue weighted by molar-refractivity contribution is 5.66. The molecule has 82 valence electrons. The van der Waals surface area contributed by atoms with Gasteiger partial charge >= 0.3 is 0 Å². The van der Waals surface area contributed by atoms with Crippen LogP contribution in [0, 0.1) is 0 Å². The average Bonchev–Trinajstić information content (AvgIpc) is 2.91. The van der Waals surface area contributed by atoms with Gasteiger partial charge in [-0.15, -0.1) is 0 Å². The van der Waals surface area contributed by atoms with Crippen LogP contribution in [0.15, 0.2) is 11.2 Å². The Bertz CT molecular complexity index is 455. The third-order valence-electron chi connectivity index (χ3n) is 3.69. The van der Waals surface area contributed by atoms with Crippen LogP contribution < -0.4 is 5.43 Å². The molecule has 1 N–H and O–H groups in total. The van der Waals surface area contributed by atoms with Crippen molar-refractivity contribution < 1.29 is 4.79 Å². The maximum Gasteiger partial charge on any atom is 0.258 e. The predicted molar refractivity (Wildman–Crippen MR) is 62.2 cm³/mol. The number of nitrogens with one attached hydrogen (secondary N) is 1. The molecule has 0 radical (unpaired) electrons. The molecule has 16 heavy (non-hydrogen) atoms. The summed E-state index contributed by atoms with van der Waals surface area (Å²) in [5.41, 5.74) is 9.65. The number of fused-ring (bicyclic) bond motifs is 2. The second kappa shape index (κ2) is 3.76. The Labute approximate surface area is 94.6 Å². The van der Waals surface area contributed by atoms with E-state index in [0.717, 1.165) is 18.5 Å². The molecule has 0 amide bonds. The molecule has 0 aromatic heterocycles. The van der Waals surface area contributed by atoms with Gasteiger partial charge in [0.15, 0.2) is 0 Å². The first-order valence-corrected chi connectivity index (χ1v) is 5.89. The molecule has 3 nitrogen and oxygen atoms in total. The minimum absolute atomic E-state index is 1.10. The standard InChI is InChI=1S/C13H14N2O/c16-8-14-15-13-11-5-1-3-9(11)7-10-4-2-6-12(10)13/h7,15H,1-6H2. The molecule has 1 aromatic carbocycles. The first-order chi connectivity index (χ1) is 7.90. The van der Waals surface area contributed by atoms with Gasteiger partial charge in [0, 0.05) is 0 Å². The first-order valence-electron chi connectivity index (χ1n) is 5.89. The Morgan fingerprint density at radius 1 is 1.06 bits per heavy atom. The minimum Gasteiger partial charge on any atom is -0.267 e. The summed E-state index contributed by atoms with van der Waals surface area (Å²) in [5, 5.41) is 3.54. The van der Waals surface area contributed by atoms with E-state index in [-0.39, 0.29) is 0 Å². The van der Waals surface area contributed by atoms with E-state index in [4.69, 9.17) is 0 Å². The monoisotopic (exact) mass is 214 g/mol. The number of hydrazone groups is 1. The molecule has 0 spiro atoms. The van der Waals surface area contributed by atoms with Gasteiger partial charge in [-0.3, -0.25) is 5.43 Å². The van der Waals surface area contributed by atoms with Crippen molar-refractivity contribution in [3.63, 3.8) is 0 Å². The maximum atomic E-state index is 10.2. The van der Waals surface area contributed by atoms with E-state index in [9.17, 15) is 4.79 Å². The number of anilines is 1. The van der Waals surface area contributed by atoms with Crippen LogP contribution in [0.2, 0.25) is 0 Å². The summed E-state index contributed by atoms with van der Waals surface area (Å²) in [7, 11) is 0. The van der Waals surface area contributed by atoms with Crippen molar-refractivity contribution in [3.05, 3.63) is 28.3 Å². The van der Waals surface area contributed by atoms with Gasteiger partial charge in [-0.1, -0.05) is 11.2 Å². The van der Waals surface area contributed by atoms with Crippen LogP contribution in [0.3, 0.4) is 0 Å². The summed E-state index contributed by atoms with van der Waals surface area (Å²) < 4.78 is 0. The molecular weight excluding hydrogens is 200 g/mol. The molecule has 3 heteroatoms. The van der Waals surface area contributed by atoms with Crippen molar-refractivity contribution in [1.29, 1.82) is 0 Å². The largest absolute Gasteiger partial charge is 0.267 e. The van der Waals surface area contributed by atoms with E-state index in [1.165, 1.54) is 47.9 Å². The fourth-order valence-corrected chi connectivity index (χ4v) is 3.03. The average molecular weight is 214 g/mol. The molecule has 0 atom stereocenters. The molecule has 0 bridgehead atoms. The summed E-state index contributed by atoms with van der Waals surface area (Å²) in [6.07, 6.45) is 8.56. The van der Waals surface area contributed by atoms with Gasteiger partial charge in [0.05, 0.1) is 5.69 Å². The first kappa shape index (κ1) is 9.61. The zero-order valence-electron chi connectivity index (χ0n) is 9.18. The smallest absolute Gasteiger partial charge is 0.258 e. The topological polar surface area (TPSA) is 41.5 Å². The summed E-state index contributed by atoms with van der Waals surface area (Å²) in [4.78, 5) is 10.2. The van der Waals surface area contributed by atoms with E-state index in [1.54, 1.807) is 6.08 Å². The predicted octanol–water partition coefficient (Wildman–Crippen LogP) is 2.33. The molecule has 0 saturated carbocycles. The lowest BCUT2D eigenvalue weighted by atomic mass is 9.99. The van der Waals surface area contributed by atoms with E-state index in [1.807, 2.05) is 0 Å². The molecule has 0 saturated heterocycles. The molecule has 0 unspecified atom stereocenters. The number of hydrogen-bond acceptors (Lipinski definition) is 3. The second-order valence-electron chi connectivity index (χ2n) is 4.55. The Morgan fingerprint density at radius 2 is 1.69 bits per heavy atom. The Morgan fingerprint density at radius 3 is 2.25 bits per heavy atom. The van der Waals surface area contributed by atoms with Crippen LogP contribution in [0.1, 0.15) is 35.1 Å². The number of benzene rings is 1. The molecule has 0 heterocycles. The van der Waals surface area contributed by atoms with Gasteiger partial charge in [-0.2, -0.15) is 0 Å². The molecule has 1 aromatic rings. The quantitative estimate of drug-likeness (QED) is 0.466. The number of carbonyl (C=O) groups excluding carboxylic acids is 1. The third-order valence-corrected chi connectivity index (χ3v) is 3.69. The van der Waals surface area contributed by atoms with Crippen molar-refractivity contribution >= 4 is 11.8 Å². The number of nitrogens with zero attached hydrogens (tertiary/aromatic N) is 1. The van der Waals surface area contributed by atoms with Crippen molar-refractivity contribution in [2.75, 3.05) is 5.43 Å². The van der Waals surface area contributed by atoms with E-state index in [2.05, 4.69) is 16.6 Å². The lowest BCUT2D eigenvalue weighted by Crippen LogP contribution is -2.00. The Kier molecular flexibility index (Phi) is 2.26. The van der Waals surface area contributed by atoms with Crippen molar-refractivity contribution in [2.45, 2.75) is 38.5 Å². The van der Waals surface area contributed by atoms with Crippen LogP contribution in [0.25, 0.3) is 0 Å². The third kappa shape index (κ3) is 1.36. The molecule has 0 fully saturated rings. The second-order valence-corrected chi connectivity index (χ2v) is 4.55. The number of rotatable bonds is 2. The Balaban J connectivity index is 2.15. The highest BCUT2D eigenvalue weighted by atomic mass is 16.1. The summed E-state index contributed by atoms with van der Waals surface area (Å²) in [6, 6.07) is 2.36. The van der Waals surface area contributed by atoms with Crippen LogP contribution >= 0.6 is 0 Å². The molecular formula is C13H14N2O. The lowest BCUT2D eigenvalue weighted by Gasteiger charge is -2.13. The number of isocyanates is 1. The normalized spacial score (nSPS) is 16.5. The van der Waals surface area contributed by atoms with Gasteiger partial charge in [-0.25, -0.2) is 4.79 Å². The lowest BCUT2D eigenvalue weighted by molar-refractivity contribution is 0.564. The van der Waals surface area contributed by atoms with Crippen molar-refractivity contribution in [2.24, 2.45) is 5.10 Å². The van der Waals surface area contributed by atoms with Crippen LogP contribution in [0.5, 0.6) is 0 Å². The zero-order chi connectivity index (χ0) is 11.0. The van der Waals surface area contributed by atoms with Crippen molar-refractivity contribution in [3.8, 4) is 0 Å². The zero-order valence-corrected chi connectivity index (χ0v) is 9.18. The highest BCUT2D eigenvalue weighted by Crippen LogP contribution is 2.38. The SMILES string of the molecule is O=C=NNc1c2c(cc3c1CCC3)CCC2. The molecule has 0 aliphatic heterocycles. The minimum atomic E-state index is 1.10. The maximum absolute atomic E-state index is 10.2. The van der Waals surface area contributed by atoms with E-state index in [0.29, 0.717) is 0 Å². The summed E-state index contributed by atoms with van der Waals surface area (Å²) in [6.45, 7) is 0. The van der Waals surface area contributed by atoms with Gasteiger partial charge in [0.2, 0.25) is 0 Å². The highest BCUT2D eigenvalue weighted by Gasteiger charge is 2.23. The van der Waals surface area contributed by atoms with Gasteiger partial charge in [0.25, 0.3) is 6.08 Å². The van der Waals surface area contributed by atoms with Gasteiger partial charge in [0.1, 0.15) is 0 Å². The molecule has 2 aliphatic carbocycles. The number of hydrogen-bond donors (Lipinski definition) is 1. The number of aryl methyl sites for hydroxylation is 2. The fraction of sp³-hybridized carbons (Fsp3) is 0.462. The Hall–Kier alpha value is -1.60. The molecule has 3 rings (SSSR count). The van der Waals surface area contributed by atoms with Gasteiger partial charge < -0.3 is 0 Å². The molecule has 2 aliphatic rings. The van der Waals surface area contributed by atoms with E-state index < -0.39 is 0 Å². The summed E-state index contributed by atoms with van der Waals surface area (Å²) in [5.74, 6) is 0. The van der Waals surface area contributed by atoms with Gasteiger partial charge in [-0.05, 0) is 60.8 Å². The fourth-order valence-electron chi connectivity index (χ4n) is 3.03. The van der Waals surface area contributed by atoms with Crippen LogP contribution in [-0.4, -0.2) is 6.08 Å². The van der Waals surface area contributed by atoms with Crippen LogP contribution in [0.4, 0.5) is 5.69 Å².